The second-order valence-corrected chi connectivity index (χ2v) is 5.19. The van der Waals surface area contributed by atoms with Crippen molar-refractivity contribution < 1.29 is 4.74 Å². The van der Waals surface area contributed by atoms with Crippen LogP contribution in [0, 0.1) is 6.92 Å². The van der Waals surface area contributed by atoms with Crippen LogP contribution in [0.15, 0.2) is 24.3 Å². The number of nitrogen functional groups attached to an aromatic ring is 1. The number of benzene rings is 1. The van der Waals surface area contributed by atoms with Crippen molar-refractivity contribution in [2.24, 2.45) is 0 Å². The van der Waals surface area contributed by atoms with Gasteiger partial charge in [-0.2, -0.15) is 0 Å². The van der Waals surface area contributed by atoms with Crippen molar-refractivity contribution in [3.63, 3.8) is 0 Å². The van der Waals surface area contributed by atoms with Gasteiger partial charge in [0.05, 0.1) is 11.8 Å². The molecule has 0 amide bonds. The summed E-state index contributed by atoms with van der Waals surface area (Å²) >= 11 is 0. The number of anilines is 1. The van der Waals surface area contributed by atoms with Crippen LogP contribution in [0.3, 0.4) is 0 Å². The Balaban J connectivity index is 1.93. The Morgan fingerprint density at radius 1 is 1.20 bits per heavy atom. The van der Waals surface area contributed by atoms with E-state index in [-0.39, 0.29) is 0 Å². The first-order chi connectivity index (χ1) is 9.67. The van der Waals surface area contributed by atoms with Crippen LogP contribution in [0.4, 0.5) is 5.82 Å². The fraction of sp³-hybridized carbons (Fsp3) is 0.375. The lowest BCUT2D eigenvalue weighted by atomic mass is 10.1. The molecule has 1 aliphatic rings. The number of rotatable bonds is 4. The molecule has 104 valence electrons. The van der Waals surface area contributed by atoms with E-state index in [2.05, 4.69) is 9.97 Å². The van der Waals surface area contributed by atoms with Gasteiger partial charge in [-0.05, 0) is 44.0 Å². The van der Waals surface area contributed by atoms with E-state index in [1.165, 1.54) is 12.8 Å². The summed E-state index contributed by atoms with van der Waals surface area (Å²) in [5.41, 5.74) is 8.85. The fourth-order valence-corrected chi connectivity index (χ4v) is 2.09. The van der Waals surface area contributed by atoms with Gasteiger partial charge in [0, 0.05) is 17.5 Å². The molecule has 0 radical (unpaired) electrons. The smallest absolute Gasteiger partial charge is 0.131 e. The summed E-state index contributed by atoms with van der Waals surface area (Å²) in [6, 6.07) is 8.06. The van der Waals surface area contributed by atoms with E-state index in [1.807, 2.05) is 38.1 Å². The highest BCUT2D eigenvalue weighted by molar-refractivity contribution is 5.67. The molecule has 0 bridgehead atoms. The zero-order chi connectivity index (χ0) is 14.1. The third-order valence-electron chi connectivity index (χ3n) is 3.50. The summed E-state index contributed by atoms with van der Waals surface area (Å²) in [4.78, 5) is 8.88. The number of aryl methyl sites for hydroxylation is 1. The molecular weight excluding hydrogens is 250 g/mol. The Bertz CT molecular complexity index is 618. The van der Waals surface area contributed by atoms with Crippen molar-refractivity contribution in [1.82, 2.24) is 9.97 Å². The van der Waals surface area contributed by atoms with Gasteiger partial charge in [-0.25, -0.2) is 9.97 Å². The largest absolute Gasteiger partial charge is 0.490 e. The molecule has 4 nitrogen and oxygen atoms in total. The minimum atomic E-state index is 0.420. The van der Waals surface area contributed by atoms with Crippen LogP contribution in [-0.4, -0.2) is 16.1 Å². The van der Waals surface area contributed by atoms with E-state index in [9.17, 15) is 0 Å². The molecule has 1 heterocycles. The zero-order valence-electron chi connectivity index (χ0n) is 11.9. The molecule has 0 atom stereocenters. The van der Waals surface area contributed by atoms with Gasteiger partial charge >= 0.3 is 0 Å². The molecule has 1 saturated carbocycles. The first kappa shape index (κ1) is 12.9. The molecule has 2 aromatic rings. The van der Waals surface area contributed by atoms with E-state index in [0.29, 0.717) is 11.9 Å². The maximum Gasteiger partial charge on any atom is 0.131 e. The van der Waals surface area contributed by atoms with Gasteiger partial charge in [-0.15, -0.1) is 0 Å². The van der Waals surface area contributed by atoms with Crippen LogP contribution in [0.5, 0.6) is 5.75 Å². The number of nitrogens with zero attached hydrogens (tertiary/aromatic N) is 2. The Morgan fingerprint density at radius 2 is 1.90 bits per heavy atom. The molecule has 0 unspecified atom stereocenters. The van der Waals surface area contributed by atoms with E-state index >= 15 is 0 Å². The van der Waals surface area contributed by atoms with Gasteiger partial charge < -0.3 is 10.5 Å². The monoisotopic (exact) mass is 269 g/mol. The highest BCUT2D eigenvalue weighted by Gasteiger charge is 2.23. The van der Waals surface area contributed by atoms with Crippen molar-refractivity contribution in [3.8, 4) is 17.0 Å². The summed E-state index contributed by atoms with van der Waals surface area (Å²) in [6.07, 6.45) is 3.54. The maximum atomic E-state index is 5.96. The fourth-order valence-electron chi connectivity index (χ4n) is 2.09. The average Bonchev–Trinajstić information content (AvgIpc) is 3.27. The van der Waals surface area contributed by atoms with Crippen LogP contribution >= 0.6 is 0 Å². The minimum Gasteiger partial charge on any atom is -0.490 e. The van der Waals surface area contributed by atoms with Crippen molar-refractivity contribution >= 4 is 5.82 Å². The Morgan fingerprint density at radius 3 is 2.50 bits per heavy atom. The molecule has 1 aromatic carbocycles. The third kappa shape index (κ3) is 2.59. The number of aromatic nitrogens is 2. The summed E-state index contributed by atoms with van der Waals surface area (Å²) in [5, 5.41) is 0. The molecule has 0 spiro atoms. The number of ether oxygens (including phenoxy) is 1. The summed E-state index contributed by atoms with van der Waals surface area (Å²) in [6.45, 7) is 3.99. The lowest BCUT2D eigenvalue weighted by Crippen LogP contribution is -2.04. The Hall–Kier alpha value is -2.10. The molecule has 0 saturated heterocycles. The second-order valence-electron chi connectivity index (χ2n) is 5.19. The van der Waals surface area contributed by atoms with Gasteiger partial charge in [0.2, 0.25) is 0 Å². The van der Waals surface area contributed by atoms with Crippen LogP contribution in [0.1, 0.15) is 31.2 Å². The van der Waals surface area contributed by atoms with Crippen molar-refractivity contribution in [3.05, 3.63) is 35.7 Å². The molecule has 4 heteroatoms. The van der Waals surface area contributed by atoms with E-state index in [4.69, 9.17) is 10.5 Å². The Kier molecular flexibility index (Phi) is 3.30. The molecule has 0 aliphatic heterocycles. The molecular formula is C16H19N3O. The number of nitrogens with two attached hydrogens (primary N) is 1. The van der Waals surface area contributed by atoms with Gasteiger partial charge in [0.25, 0.3) is 0 Å². The normalized spacial score (nSPS) is 14.3. The predicted molar refractivity (Wildman–Crippen MR) is 79.6 cm³/mol. The lowest BCUT2D eigenvalue weighted by molar-refractivity contribution is 0.303. The maximum absolute atomic E-state index is 5.96. The molecule has 2 N–H and O–H groups in total. The SMILES string of the molecule is CCc1nc(N)c(C)c(-c2ccc(OC3CC3)cc2)n1. The summed E-state index contributed by atoms with van der Waals surface area (Å²) in [7, 11) is 0. The lowest BCUT2D eigenvalue weighted by Gasteiger charge is -2.10. The summed E-state index contributed by atoms with van der Waals surface area (Å²) in [5.74, 6) is 2.26. The topological polar surface area (TPSA) is 61.0 Å². The first-order valence-electron chi connectivity index (χ1n) is 7.07. The second kappa shape index (κ2) is 5.12. The standard InChI is InChI=1S/C16H19N3O/c1-3-14-18-15(10(2)16(17)19-14)11-4-6-12(7-5-11)20-13-8-9-13/h4-7,13H,3,8-9H2,1-2H3,(H2,17,18,19). The molecule has 1 aromatic heterocycles. The van der Waals surface area contributed by atoms with Crippen molar-refractivity contribution in [2.45, 2.75) is 39.2 Å². The minimum absolute atomic E-state index is 0.420. The van der Waals surface area contributed by atoms with E-state index < -0.39 is 0 Å². The zero-order valence-corrected chi connectivity index (χ0v) is 11.9. The van der Waals surface area contributed by atoms with Gasteiger partial charge in [-0.1, -0.05) is 6.92 Å². The van der Waals surface area contributed by atoms with Crippen LogP contribution in [0.25, 0.3) is 11.3 Å². The highest BCUT2D eigenvalue weighted by Crippen LogP contribution is 2.29. The van der Waals surface area contributed by atoms with Crippen LogP contribution in [-0.2, 0) is 6.42 Å². The van der Waals surface area contributed by atoms with E-state index in [0.717, 1.165) is 34.8 Å². The average molecular weight is 269 g/mol. The molecule has 3 rings (SSSR count). The number of hydrogen-bond acceptors (Lipinski definition) is 4. The van der Waals surface area contributed by atoms with Crippen molar-refractivity contribution in [2.75, 3.05) is 5.73 Å². The molecule has 20 heavy (non-hydrogen) atoms. The summed E-state index contributed by atoms with van der Waals surface area (Å²) < 4.78 is 5.76. The molecule has 1 aliphatic carbocycles. The van der Waals surface area contributed by atoms with Crippen LogP contribution < -0.4 is 10.5 Å². The number of hydrogen-bond donors (Lipinski definition) is 1. The Labute approximate surface area is 119 Å². The molecule has 1 fully saturated rings. The van der Waals surface area contributed by atoms with Gasteiger partial charge in [0.1, 0.15) is 17.4 Å². The van der Waals surface area contributed by atoms with Crippen LogP contribution in [0.2, 0.25) is 0 Å². The highest BCUT2D eigenvalue weighted by atomic mass is 16.5. The van der Waals surface area contributed by atoms with Gasteiger partial charge in [0.15, 0.2) is 0 Å². The van der Waals surface area contributed by atoms with Crippen molar-refractivity contribution in [1.29, 1.82) is 0 Å². The van der Waals surface area contributed by atoms with Gasteiger partial charge in [-0.3, -0.25) is 0 Å². The quantitative estimate of drug-likeness (QED) is 0.926. The third-order valence-corrected chi connectivity index (χ3v) is 3.50. The van der Waals surface area contributed by atoms with E-state index in [1.54, 1.807) is 0 Å². The first-order valence-corrected chi connectivity index (χ1v) is 7.07. The predicted octanol–water partition coefficient (Wildman–Crippen LogP) is 3.14.